The summed E-state index contributed by atoms with van der Waals surface area (Å²) < 4.78 is 19.4. The number of benzene rings is 1. The van der Waals surface area contributed by atoms with E-state index >= 15 is 0 Å². The van der Waals surface area contributed by atoms with Crippen LogP contribution in [-0.4, -0.2) is 52.8 Å². The third-order valence-electron chi connectivity index (χ3n) is 6.44. The van der Waals surface area contributed by atoms with Crippen LogP contribution < -0.4 is 9.47 Å². The molecule has 9 heteroatoms. The number of hydrogen-bond acceptors (Lipinski definition) is 7. The summed E-state index contributed by atoms with van der Waals surface area (Å²) >= 11 is 3.63. The van der Waals surface area contributed by atoms with Gasteiger partial charge in [0.2, 0.25) is 5.88 Å². The van der Waals surface area contributed by atoms with E-state index in [0.29, 0.717) is 31.1 Å². The summed E-state index contributed by atoms with van der Waals surface area (Å²) in [6.07, 6.45) is 9.03. The van der Waals surface area contributed by atoms with E-state index in [-0.39, 0.29) is 12.3 Å². The minimum absolute atomic E-state index is 0.236. The largest absolute Gasteiger partial charge is 0.492 e. The van der Waals surface area contributed by atoms with Gasteiger partial charge in [0.1, 0.15) is 5.75 Å². The number of halogens is 1. The number of aliphatic hydroxyl groups is 1. The zero-order valence-corrected chi connectivity index (χ0v) is 21.6. The molecule has 188 valence electrons. The lowest BCUT2D eigenvalue weighted by atomic mass is 9.87. The molecule has 2 aromatic heterocycles. The lowest BCUT2D eigenvalue weighted by Gasteiger charge is -2.27. The molecule has 2 heterocycles. The normalized spacial score (nSPS) is 17.9. The van der Waals surface area contributed by atoms with Crippen LogP contribution in [0.3, 0.4) is 0 Å². The first-order valence-electron chi connectivity index (χ1n) is 12.2. The number of fused-ring (bicyclic) bond motifs is 1. The molecule has 0 atom stereocenters. The van der Waals surface area contributed by atoms with Crippen molar-refractivity contribution >= 4 is 32.8 Å². The standard InChI is InChI=1S/C26H32BrN3O5/c1-33-26(32)22-6-5-7-25(28-22)35-13-4-2-3-12-34-24-15-23-19(14-21(24)27)16-30(29-23)20-10-8-18(17-31)9-11-20/h5-7,14-16,18,20,31H,2-4,8-13,17H2,1H3. The van der Waals surface area contributed by atoms with Crippen molar-refractivity contribution in [3.63, 3.8) is 0 Å². The molecule has 1 aromatic carbocycles. The smallest absolute Gasteiger partial charge is 0.356 e. The molecule has 0 bridgehead atoms. The number of pyridine rings is 1. The quantitative estimate of drug-likeness (QED) is 0.257. The van der Waals surface area contributed by atoms with Crippen LogP contribution in [0.2, 0.25) is 0 Å². The van der Waals surface area contributed by atoms with Gasteiger partial charge in [0.15, 0.2) is 5.69 Å². The molecule has 4 rings (SSSR count). The SMILES string of the molecule is COC(=O)c1cccc(OCCCCCOc2cc3nn(C4CCC(CO)CC4)cc3cc2Br)n1. The highest BCUT2D eigenvalue weighted by Gasteiger charge is 2.23. The van der Waals surface area contributed by atoms with Crippen molar-refractivity contribution < 1.29 is 24.1 Å². The van der Waals surface area contributed by atoms with Crippen molar-refractivity contribution in [3.8, 4) is 11.6 Å². The summed E-state index contributed by atoms with van der Waals surface area (Å²) in [5.41, 5.74) is 1.17. The Bertz CT molecular complexity index is 1130. The van der Waals surface area contributed by atoms with Crippen LogP contribution in [0, 0.1) is 5.92 Å². The zero-order valence-electron chi connectivity index (χ0n) is 20.0. The van der Waals surface area contributed by atoms with Gasteiger partial charge in [-0.3, -0.25) is 4.68 Å². The number of ether oxygens (including phenoxy) is 3. The number of carbonyl (C=O) groups excluding carboxylic acids is 1. The van der Waals surface area contributed by atoms with Crippen molar-refractivity contribution in [1.29, 1.82) is 0 Å². The van der Waals surface area contributed by atoms with Gasteiger partial charge in [-0.05, 0) is 78.9 Å². The van der Waals surface area contributed by atoms with Crippen molar-refractivity contribution in [2.45, 2.75) is 51.0 Å². The van der Waals surface area contributed by atoms with E-state index in [4.69, 9.17) is 14.6 Å². The molecule has 0 amide bonds. The monoisotopic (exact) mass is 545 g/mol. The summed E-state index contributed by atoms with van der Waals surface area (Å²) in [6, 6.07) is 9.51. The second-order valence-corrected chi connectivity index (χ2v) is 9.77. The Morgan fingerprint density at radius 2 is 1.89 bits per heavy atom. The Morgan fingerprint density at radius 1 is 1.11 bits per heavy atom. The van der Waals surface area contributed by atoms with Crippen LogP contribution in [0.5, 0.6) is 11.6 Å². The summed E-state index contributed by atoms with van der Waals surface area (Å²) in [5.74, 6) is 1.18. The lowest BCUT2D eigenvalue weighted by Crippen LogP contribution is -2.20. The van der Waals surface area contributed by atoms with E-state index in [1.807, 2.05) is 6.07 Å². The molecule has 0 radical (unpaired) electrons. The van der Waals surface area contributed by atoms with E-state index in [9.17, 15) is 9.90 Å². The van der Waals surface area contributed by atoms with E-state index in [2.05, 4.69) is 42.6 Å². The fraction of sp³-hybridized carbons (Fsp3) is 0.500. The summed E-state index contributed by atoms with van der Waals surface area (Å²) in [4.78, 5) is 15.7. The zero-order chi connectivity index (χ0) is 24.6. The maximum Gasteiger partial charge on any atom is 0.356 e. The molecule has 1 aliphatic carbocycles. The Kier molecular flexibility index (Phi) is 8.98. The van der Waals surface area contributed by atoms with Crippen LogP contribution in [0.4, 0.5) is 0 Å². The number of unbranched alkanes of at least 4 members (excludes halogenated alkanes) is 2. The highest BCUT2D eigenvalue weighted by atomic mass is 79.9. The Morgan fingerprint density at radius 3 is 2.63 bits per heavy atom. The molecule has 1 N–H and O–H groups in total. The maximum absolute atomic E-state index is 11.6. The van der Waals surface area contributed by atoms with Gasteiger partial charge in [-0.2, -0.15) is 5.10 Å². The van der Waals surface area contributed by atoms with Crippen LogP contribution in [0.1, 0.15) is 61.5 Å². The number of hydrogen-bond donors (Lipinski definition) is 1. The summed E-state index contributed by atoms with van der Waals surface area (Å²) in [6.45, 7) is 1.41. The van der Waals surface area contributed by atoms with Crippen LogP contribution in [0.25, 0.3) is 10.9 Å². The molecule has 35 heavy (non-hydrogen) atoms. The van der Waals surface area contributed by atoms with E-state index < -0.39 is 5.97 Å². The number of methoxy groups -OCH3 is 1. The predicted octanol–water partition coefficient (Wildman–Crippen LogP) is 5.33. The molecule has 0 aliphatic heterocycles. The van der Waals surface area contributed by atoms with Crippen molar-refractivity contribution in [3.05, 3.63) is 46.7 Å². The number of aromatic nitrogens is 3. The molecule has 1 saturated carbocycles. The third-order valence-corrected chi connectivity index (χ3v) is 7.06. The van der Waals surface area contributed by atoms with Crippen molar-refractivity contribution in [2.75, 3.05) is 26.9 Å². The molecule has 0 spiro atoms. The first-order valence-corrected chi connectivity index (χ1v) is 13.0. The fourth-order valence-electron chi connectivity index (χ4n) is 4.39. The van der Waals surface area contributed by atoms with Crippen molar-refractivity contribution in [1.82, 2.24) is 14.8 Å². The van der Waals surface area contributed by atoms with Gasteiger partial charge in [-0.1, -0.05) is 6.07 Å². The highest BCUT2D eigenvalue weighted by Crippen LogP contribution is 2.34. The van der Waals surface area contributed by atoms with Gasteiger partial charge in [0, 0.05) is 30.3 Å². The first kappa shape index (κ1) is 25.4. The van der Waals surface area contributed by atoms with Gasteiger partial charge >= 0.3 is 5.97 Å². The fourth-order valence-corrected chi connectivity index (χ4v) is 4.86. The summed E-state index contributed by atoms with van der Waals surface area (Å²) in [7, 11) is 1.33. The van der Waals surface area contributed by atoms with Crippen molar-refractivity contribution in [2.24, 2.45) is 5.92 Å². The molecule has 3 aromatic rings. The van der Waals surface area contributed by atoms with Gasteiger partial charge < -0.3 is 19.3 Å². The van der Waals surface area contributed by atoms with Gasteiger partial charge in [0.05, 0.1) is 36.4 Å². The van der Waals surface area contributed by atoms with E-state index in [1.165, 1.54) is 7.11 Å². The third kappa shape index (κ3) is 6.73. The highest BCUT2D eigenvalue weighted by molar-refractivity contribution is 9.10. The van der Waals surface area contributed by atoms with E-state index in [0.717, 1.165) is 66.1 Å². The van der Waals surface area contributed by atoms with Crippen LogP contribution in [0.15, 0.2) is 41.0 Å². The second kappa shape index (κ2) is 12.4. The predicted molar refractivity (Wildman–Crippen MR) is 136 cm³/mol. The van der Waals surface area contributed by atoms with Gasteiger partial charge in [-0.15, -0.1) is 0 Å². The van der Waals surface area contributed by atoms with Crippen LogP contribution in [-0.2, 0) is 4.74 Å². The number of aliphatic hydroxyl groups excluding tert-OH is 1. The Balaban J connectivity index is 1.21. The molecule has 0 unspecified atom stereocenters. The molecule has 8 nitrogen and oxygen atoms in total. The topological polar surface area (TPSA) is 95.7 Å². The minimum atomic E-state index is -0.478. The maximum atomic E-state index is 11.6. The minimum Gasteiger partial charge on any atom is -0.492 e. The molecule has 1 fully saturated rings. The second-order valence-electron chi connectivity index (χ2n) is 8.92. The Hall–Kier alpha value is -2.65. The molecular formula is C26H32BrN3O5. The van der Waals surface area contributed by atoms with Gasteiger partial charge in [-0.25, -0.2) is 9.78 Å². The number of rotatable bonds is 11. The Labute approximate surface area is 213 Å². The molecule has 1 aliphatic rings. The molecule has 0 saturated heterocycles. The lowest BCUT2D eigenvalue weighted by molar-refractivity contribution is 0.0592. The van der Waals surface area contributed by atoms with Gasteiger partial charge in [0.25, 0.3) is 0 Å². The number of carbonyl (C=O) groups is 1. The number of nitrogens with zero attached hydrogens (tertiary/aromatic N) is 3. The average molecular weight is 546 g/mol. The van der Waals surface area contributed by atoms with E-state index in [1.54, 1.807) is 18.2 Å². The first-order chi connectivity index (χ1) is 17.1. The average Bonchev–Trinajstić information content (AvgIpc) is 3.30. The van der Waals surface area contributed by atoms with Crippen LogP contribution >= 0.6 is 15.9 Å². The molecular weight excluding hydrogens is 514 g/mol. The number of esters is 1. The summed E-state index contributed by atoms with van der Waals surface area (Å²) in [5, 5.41) is 15.3.